The van der Waals surface area contributed by atoms with Crippen LogP contribution >= 0.6 is 0 Å². The summed E-state index contributed by atoms with van der Waals surface area (Å²) in [6, 6.07) is 0. The third kappa shape index (κ3) is 3.37. The molecule has 1 aliphatic carbocycles. The summed E-state index contributed by atoms with van der Waals surface area (Å²) in [4.78, 5) is 11.5. The van der Waals surface area contributed by atoms with E-state index in [4.69, 9.17) is 4.74 Å². The number of carbonyl (C=O) groups is 1. The van der Waals surface area contributed by atoms with Crippen molar-refractivity contribution in [1.29, 1.82) is 0 Å². The molecule has 1 atom stereocenters. The number of hydrogen-bond acceptors (Lipinski definition) is 2. The molecule has 0 heterocycles. The van der Waals surface area contributed by atoms with Crippen molar-refractivity contribution in [3.8, 4) is 0 Å². The summed E-state index contributed by atoms with van der Waals surface area (Å²) >= 11 is 0. The highest BCUT2D eigenvalue weighted by Crippen LogP contribution is 2.31. The average Bonchev–Trinajstić information content (AvgIpc) is 2.59. The number of ether oxygens (including phenoxy) is 1. The van der Waals surface area contributed by atoms with Gasteiger partial charge in [0.1, 0.15) is 6.10 Å². The molecule has 0 saturated heterocycles. The van der Waals surface area contributed by atoms with Gasteiger partial charge in [-0.15, -0.1) is 13.2 Å². The van der Waals surface area contributed by atoms with Crippen LogP contribution in [0.1, 0.15) is 39.0 Å². The molecule has 0 N–H and O–H groups in total. The highest BCUT2D eigenvalue weighted by atomic mass is 16.5. The van der Waals surface area contributed by atoms with Crippen LogP contribution in [0.15, 0.2) is 36.5 Å². The monoisotopic (exact) mass is 220 g/mol. The van der Waals surface area contributed by atoms with Crippen LogP contribution in [0, 0.1) is 0 Å². The molecule has 2 nitrogen and oxygen atoms in total. The molecule has 1 aliphatic rings. The van der Waals surface area contributed by atoms with Crippen molar-refractivity contribution in [2.24, 2.45) is 0 Å². The maximum atomic E-state index is 11.5. The zero-order chi connectivity index (χ0) is 12.0. The van der Waals surface area contributed by atoms with Gasteiger partial charge >= 0.3 is 5.97 Å². The van der Waals surface area contributed by atoms with Gasteiger partial charge in [0.15, 0.2) is 0 Å². The van der Waals surface area contributed by atoms with Crippen molar-refractivity contribution in [2.75, 3.05) is 0 Å². The van der Waals surface area contributed by atoms with Crippen LogP contribution in [-0.4, -0.2) is 12.1 Å². The van der Waals surface area contributed by atoms with Crippen LogP contribution in [0.25, 0.3) is 0 Å². The lowest BCUT2D eigenvalue weighted by atomic mass is 10.1. The predicted octanol–water partition coefficient (Wildman–Crippen LogP) is 3.55. The summed E-state index contributed by atoms with van der Waals surface area (Å²) in [5.74, 6) is -0.121. The summed E-state index contributed by atoms with van der Waals surface area (Å²) in [7, 11) is 0. The summed E-state index contributed by atoms with van der Waals surface area (Å²) in [5, 5.41) is 0. The van der Waals surface area contributed by atoms with E-state index in [0.717, 1.165) is 19.3 Å². The lowest BCUT2D eigenvalue weighted by Gasteiger charge is -2.13. The highest BCUT2D eigenvalue weighted by Gasteiger charge is 2.24. The second-order valence-corrected chi connectivity index (χ2v) is 4.12. The van der Waals surface area contributed by atoms with E-state index in [2.05, 4.69) is 20.1 Å². The Balaban J connectivity index is 2.47. The minimum Gasteiger partial charge on any atom is -0.458 e. The first-order chi connectivity index (χ1) is 7.69. The molecule has 0 aromatic rings. The molecule has 88 valence electrons. The zero-order valence-corrected chi connectivity index (χ0v) is 10.00. The van der Waals surface area contributed by atoms with Crippen LogP contribution in [-0.2, 0) is 9.53 Å². The Labute approximate surface area is 97.7 Å². The van der Waals surface area contributed by atoms with E-state index in [1.165, 1.54) is 11.1 Å². The van der Waals surface area contributed by atoms with Crippen molar-refractivity contribution in [3.63, 3.8) is 0 Å². The maximum Gasteiger partial charge on any atom is 0.306 e. The Morgan fingerprint density at radius 2 is 2.25 bits per heavy atom. The SMILES string of the molecule is C=CCCC(=O)OC1CCC(CC=C)=C1C. The zero-order valence-electron chi connectivity index (χ0n) is 10.00. The van der Waals surface area contributed by atoms with Crippen molar-refractivity contribution in [1.82, 2.24) is 0 Å². The first kappa shape index (κ1) is 12.8. The van der Waals surface area contributed by atoms with Crippen LogP contribution in [0.4, 0.5) is 0 Å². The molecule has 0 saturated carbocycles. The molecule has 0 radical (unpaired) electrons. The number of rotatable bonds is 6. The third-order valence-corrected chi connectivity index (χ3v) is 2.97. The van der Waals surface area contributed by atoms with E-state index in [0.29, 0.717) is 12.8 Å². The fraction of sp³-hybridized carbons (Fsp3) is 0.500. The first-order valence-corrected chi connectivity index (χ1v) is 5.78. The van der Waals surface area contributed by atoms with Gasteiger partial charge in [0.25, 0.3) is 0 Å². The Morgan fingerprint density at radius 3 is 2.88 bits per heavy atom. The van der Waals surface area contributed by atoms with Gasteiger partial charge in [-0.05, 0) is 38.2 Å². The van der Waals surface area contributed by atoms with Crippen LogP contribution in [0.3, 0.4) is 0 Å². The normalized spacial score (nSPS) is 19.7. The second kappa shape index (κ2) is 6.31. The summed E-state index contributed by atoms with van der Waals surface area (Å²) in [6.45, 7) is 9.37. The van der Waals surface area contributed by atoms with E-state index in [1.54, 1.807) is 6.08 Å². The molecule has 0 aromatic heterocycles. The van der Waals surface area contributed by atoms with Gasteiger partial charge in [0.2, 0.25) is 0 Å². The van der Waals surface area contributed by atoms with E-state index in [1.807, 2.05) is 6.08 Å². The van der Waals surface area contributed by atoms with Gasteiger partial charge < -0.3 is 4.74 Å². The van der Waals surface area contributed by atoms with E-state index < -0.39 is 0 Å². The number of carbonyl (C=O) groups excluding carboxylic acids is 1. The third-order valence-electron chi connectivity index (χ3n) is 2.97. The van der Waals surface area contributed by atoms with Crippen molar-refractivity contribution >= 4 is 5.97 Å². The number of hydrogen-bond donors (Lipinski definition) is 0. The standard InChI is InChI=1S/C14H20O2/c1-4-6-8-14(15)16-13-10-9-12(7-5-2)11(13)3/h4-5,13H,1-2,6-10H2,3H3. The Morgan fingerprint density at radius 1 is 1.50 bits per heavy atom. The maximum absolute atomic E-state index is 11.5. The molecule has 0 amide bonds. The lowest BCUT2D eigenvalue weighted by molar-refractivity contribution is -0.147. The Bertz CT molecular complexity index is 313. The number of allylic oxidation sites excluding steroid dienone is 3. The molecule has 0 aromatic carbocycles. The summed E-state index contributed by atoms with van der Waals surface area (Å²) in [6.07, 6.45) is 7.62. The molecule has 0 spiro atoms. The van der Waals surface area contributed by atoms with Gasteiger partial charge in [-0.3, -0.25) is 4.79 Å². The Kier molecular flexibility index (Phi) is 5.03. The van der Waals surface area contributed by atoms with E-state index in [-0.39, 0.29) is 12.1 Å². The summed E-state index contributed by atoms with van der Waals surface area (Å²) in [5.41, 5.74) is 2.59. The van der Waals surface area contributed by atoms with Crippen molar-refractivity contribution in [3.05, 3.63) is 36.5 Å². The largest absolute Gasteiger partial charge is 0.458 e. The predicted molar refractivity (Wildman–Crippen MR) is 66.1 cm³/mol. The van der Waals surface area contributed by atoms with Crippen molar-refractivity contribution < 1.29 is 9.53 Å². The van der Waals surface area contributed by atoms with Crippen molar-refractivity contribution in [2.45, 2.75) is 45.1 Å². The van der Waals surface area contributed by atoms with Gasteiger partial charge in [-0.1, -0.05) is 17.7 Å². The van der Waals surface area contributed by atoms with Crippen LogP contribution < -0.4 is 0 Å². The molecule has 1 rings (SSSR count). The molecule has 16 heavy (non-hydrogen) atoms. The van der Waals surface area contributed by atoms with E-state index in [9.17, 15) is 4.79 Å². The summed E-state index contributed by atoms with van der Waals surface area (Å²) < 4.78 is 5.42. The fourth-order valence-corrected chi connectivity index (χ4v) is 1.97. The van der Waals surface area contributed by atoms with Gasteiger partial charge in [0, 0.05) is 6.42 Å². The fourth-order valence-electron chi connectivity index (χ4n) is 1.97. The van der Waals surface area contributed by atoms with Gasteiger partial charge in [0.05, 0.1) is 0 Å². The minimum atomic E-state index is -0.121. The molecule has 0 bridgehead atoms. The molecule has 0 aliphatic heterocycles. The highest BCUT2D eigenvalue weighted by molar-refractivity contribution is 5.70. The first-order valence-electron chi connectivity index (χ1n) is 5.78. The lowest BCUT2D eigenvalue weighted by Crippen LogP contribution is -2.16. The molecule has 1 unspecified atom stereocenters. The smallest absolute Gasteiger partial charge is 0.306 e. The van der Waals surface area contributed by atoms with Gasteiger partial charge in [-0.2, -0.15) is 0 Å². The van der Waals surface area contributed by atoms with Crippen LogP contribution in [0.2, 0.25) is 0 Å². The molecular formula is C14H20O2. The van der Waals surface area contributed by atoms with E-state index >= 15 is 0 Å². The Hall–Kier alpha value is -1.31. The number of esters is 1. The molecule has 0 fully saturated rings. The molecule has 2 heteroatoms. The second-order valence-electron chi connectivity index (χ2n) is 4.12. The topological polar surface area (TPSA) is 26.3 Å². The molecular weight excluding hydrogens is 200 g/mol. The minimum absolute atomic E-state index is 0.00716. The quantitative estimate of drug-likeness (QED) is 0.505. The van der Waals surface area contributed by atoms with Gasteiger partial charge in [-0.25, -0.2) is 0 Å². The average molecular weight is 220 g/mol. The van der Waals surface area contributed by atoms with Crippen LogP contribution in [0.5, 0.6) is 0 Å².